The van der Waals surface area contributed by atoms with Gasteiger partial charge < -0.3 is 4.57 Å². The lowest BCUT2D eigenvalue weighted by Crippen LogP contribution is -2.39. The molecule has 0 fully saturated rings. The van der Waals surface area contributed by atoms with Gasteiger partial charge in [-0.2, -0.15) is 5.10 Å². The normalized spacial score (nSPS) is 11.6. The van der Waals surface area contributed by atoms with Crippen LogP contribution in [0.1, 0.15) is 22.5 Å². The van der Waals surface area contributed by atoms with Crippen LogP contribution in [-0.2, 0) is 14.8 Å². The molecule has 38 heavy (non-hydrogen) atoms. The van der Waals surface area contributed by atoms with E-state index in [0.717, 1.165) is 25.7 Å². The summed E-state index contributed by atoms with van der Waals surface area (Å²) in [6.45, 7) is 5.05. The lowest BCUT2D eigenvalue weighted by Gasteiger charge is -2.23. The number of sulfonamides is 1. The van der Waals surface area contributed by atoms with Gasteiger partial charge >= 0.3 is 0 Å². The van der Waals surface area contributed by atoms with E-state index in [0.29, 0.717) is 16.9 Å². The molecule has 196 valence electrons. The van der Waals surface area contributed by atoms with Crippen LogP contribution in [-0.4, -0.2) is 31.7 Å². The summed E-state index contributed by atoms with van der Waals surface area (Å²) in [5.41, 5.74) is 6.30. The maximum atomic E-state index is 14.4. The number of carbonyl (C=O) groups excluding carboxylic acids is 1. The van der Waals surface area contributed by atoms with E-state index in [1.165, 1.54) is 24.4 Å². The number of hydrazone groups is 1. The van der Waals surface area contributed by atoms with Crippen molar-refractivity contribution in [1.29, 1.82) is 0 Å². The third-order valence-electron chi connectivity index (χ3n) is 5.97. The maximum absolute atomic E-state index is 14.4. The molecule has 0 bridgehead atoms. The molecule has 4 rings (SSSR count). The Morgan fingerprint density at radius 3 is 2.34 bits per heavy atom. The number of para-hydroxylation sites is 1. The SMILES string of the molecule is Cc1ccc(S(=O)(=O)N(CC(=O)N/N=C\c2cc(C)n(-c3ccccc3F)c2C)c2ccc(Br)cc2)cc1. The average molecular weight is 598 g/mol. The number of carbonyl (C=O) groups is 1. The molecule has 0 aliphatic heterocycles. The zero-order valence-electron chi connectivity index (χ0n) is 21.0. The number of aryl methyl sites for hydroxylation is 2. The molecule has 0 atom stereocenters. The number of anilines is 1. The highest BCUT2D eigenvalue weighted by Crippen LogP contribution is 2.26. The van der Waals surface area contributed by atoms with Crippen LogP contribution in [0.2, 0.25) is 0 Å². The molecule has 1 N–H and O–H groups in total. The van der Waals surface area contributed by atoms with Crippen LogP contribution in [0.15, 0.2) is 93.3 Å². The number of hydrogen-bond donors (Lipinski definition) is 1. The summed E-state index contributed by atoms with van der Waals surface area (Å²) in [6, 6.07) is 21.4. The highest BCUT2D eigenvalue weighted by atomic mass is 79.9. The molecule has 0 saturated carbocycles. The molecular weight excluding hydrogens is 571 g/mol. The summed E-state index contributed by atoms with van der Waals surface area (Å²) in [6.07, 6.45) is 1.45. The number of nitrogens with zero attached hydrogens (tertiary/aromatic N) is 3. The molecule has 0 aliphatic rings. The fraction of sp³-hybridized carbons (Fsp3) is 0.143. The predicted molar refractivity (Wildman–Crippen MR) is 151 cm³/mol. The van der Waals surface area contributed by atoms with E-state index in [9.17, 15) is 17.6 Å². The number of aromatic nitrogens is 1. The summed E-state index contributed by atoms with van der Waals surface area (Å²) in [4.78, 5) is 12.9. The lowest BCUT2D eigenvalue weighted by atomic mass is 10.2. The van der Waals surface area contributed by atoms with Crippen LogP contribution < -0.4 is 9.73 Å². The molecule has 1 aromatic heterocycles. The fourth-order valence-electron chi connectivity index (χ4n) is 4.02. The Balaban J connectivity index is 1.56. The fourth-order valence-corrected chi connectivity index (χ4v) is 5.71. The van der Waals surface area contributed by atoms with Crippen LogP contribution in [0.5, 0.6) is 0 Å². The molecule has 0 spiro atoms. The second-order valence-corrected chi connectivity index (χ2v) is 11.5. The van der Waals surface area contributed by atoms with E-state index in [2.05, 4.69) is 26.5 Å². The number of halogens is 2. The van der Waals surface area contributed by atoms with E-state index in [1.54, 1.807) is 59.2 Å². The summed E-state index contributed by atoms with van der Waals surface area (Å²) < 4.78 is 44.9. The van der Waals surface area contributed by atoms with Crippen molar-refractivity contribution in [2.75, 3.05) is 10.8 Å². The zero-order valence-corrected chi connectivity index (χ0v) is 23.4. The van der Waals surface area contributed by atoms with Crippen LogP contribution in [0, 0.1) is 26.6 Å². The van der Waals surface area contributed by atoms with Crippen molar-refractivity contribution in [3.8, 4) is 5.69 Å². The minimum atomic E-state index is -4.03. The van der Waals surface area contributed by atoms with Gasteiger partial charge in [0, 0.05) is 21.4 Å². The smallest absolute Gasteiger partial charge is 0.264 e. The predicted octanol–water partition coefficient (Wildman–Crippen LogP) is 5.65. The first-order chi connectivity index (χ1) is 18.1. The van der Waals surface area contributed by atoms with Crippen molar-refractivity contribution in [2.24, 2.45) is 5.10 Å². The van der Waals surface area contributed by atoms with Crippen molar-refractivity contribution < 1.29 is 17.6 Å². The molecule has 4 aromatic rings. The molecule has 0 unspecified atom stereocenters. The van der Waals surface area contributed by atoms with Crippen molar-refractivity contribution in [3.05, 3.63) is 112 Å². The van der Waals surface area contributed by atoms with Gasteiger partial charge in [-0.1, -0.05) is 45.8 Å². The van der Waals surface area contributed by atoms with Crippen molar-refractivity contribution >= 4 is 43.8 Å². The third-order valence-corrected chi connectivity index (χ3v) is 8.28. The Bertz CT molecular complexity index is 1600. The van der Waals surface area contributed by atoms with Crippen LogP contribution in [0.4, 0.5) is 10.1 Å². The maximum Gasteiger partial charge on any atom is 0.264 e. The zero-order chi connectivity index (χ0) is 27.4. The lowest BCUT2D eigenvalue weighted by molar-refractivity contribution is -0.119. The minimum absolute atomic E-state index is 0.0721. The van der Waals surface area contributed by atoms with Crippen molar-refractivity contribution in [2.45, 2.75) is 25.7 Å². The summed E-state index contributed by atoms with van der Waals surface area (Å²) in [5.74, 6) is -0.975. The van der Waals surface area contributed by atoms with Crippen LogP contribution in [0.25, 0.3) is 5.69 Å². The van der Waals surface area contributed by atoms with E-state index in [1.807, 2.05) is 26.8 Å². The average Bonchev–Trinajstić information content (AvgIpc) is 3.16. The third kappa shape index (κ3) is 5.87. The molecule has 3 aromatic carbocycles. The Kier molecular flexibility index (Phi) is 8.13. The van der Waals surface area contributed by atoms with Gasteiger partial charge in [0.15, 0.2) is 0 Å². The first-order valence-electron chi connectivity index (χ1n) is 11.7. The Morgan fingerprint density at radius 1 is 1.03 bits per heavy atom. The monoisotopic (exact) mass is 596 g/mol. The van der Waals surface area contributed by atoms with E-state index >= 15 is 0 Å². The summed E-state index contributed by atoms with van der Waals surface area (Å²) >= 11 is 3.35. The quantitative estimate of drug-likeness (QED) is 0.211. The van der Waals surface area contributed by atoms with Gasteiger partial charge in [-0.05, 0) is 75.4 Å². The van der Waals surface area contributed by atoms with Crippen LogP contribution in [0.3, 0.4) is 0 Å². The topological polar surface area (TPSA) is 83.8 Å². The molecule has 0 aliphatic carbocycles. The van der Waals surface area contributed by atoms with E-state index in [-0.39, 0.29) is 10.7 Å². The van der Waals surface area contributed by atoms with Gasteiger partial charge in [-0.15, -0.1) is 0 Å². The first kappa shape index (κ1) is 27.3. The van der Waals surface area contributed by atoms with Crippen LogP contribution >= 0.6 is 15.9 Å². The standard InChI is InChI=1S/C28H26BrFN4O3S/c1-19-8-14-25(15-9-19)38(36,37)33(24-12-10-23(29)11-13-24)18-28(35)32-31-17-22-16-20(2)34(21(22)3)27-7-5-4-6-26(27)30/h4-17H,18H2,1-3H3,(H,32,35)/b31-17-. The van der Waals surface area contributed by atoms with Crippen molar-refractivity contribution in [1.82, 2.24) is 9.99 Å². The number of nitrogens with one attached hydrogen (secondary N) is 1. The van der Waals surface area contributed by atoms with Gasteiger partial charge in [-0.25, -0.2) is 18.2 Å². The number of benzene rings is 3. The van der Waals surface area contributed by atoms with E-state index in [4.69, 9.17) is 0 Å². The van der Waals surface area contributed by atoms with E-state index < -0.39 is 22.5 Å². The molecule has 1 heterocycles. The number of hydrogen-bond acceptors (Lipinski definition) is 4. The first-order valence-corrected chi connectivity index (χ1v) is 13.9. The Hall–Kier alpha value is -3.76. The Morgan fingerprint density at radius 2 is 1.68 bits per heavy atom. The highest BCUT2D eigenvalue weighted by Gasteiger charge is 2.27. The molecule has 0 radical (unpaired) electrons. The largest absolute Gasteiger partial charge is 0.315 e. The second-order valence-electron chi connectivity index (χ2n) is 8.71. The molecule has 7 nitrogen and oxygen atoms in total. The molecule has 0 saturated heterocycles. The Labute approximate surface area is 229 Å². The molecular formula is C28H26BrFN4O3S. The second kappa shape index (κ2) is 11.3. The minimum Gasteiger partial charge on any atom is -0.315 e. The summed E-state index contributed by atoms with van der Waals surface area (Å²) in [7, 11) is -4.03. The number of rotatable bonds is 8. The van der Waals surface area contributed by atoms with Gasteiger partial charge in [0.1, 0.15) is 12.4 Å². The van der Waals surface area contributed by atoms with Gasteiger partial charge in [0.05, 0.1) is 22.5 Å². The number of amides is 1. The molecule has 10 heteroatoms. The van der Waals surface area contributed by atoms with Gasteiger partial charge in [0.25, 0.3) is 15.9 Å². The van der Waals surface area contributed by atoms with Crippen molar-refractivity contribution in [3.63, 3.8) is 0 Å². The summed E-state index contributed by atoms with van der Waals surface area (Å²) in [5, 5.41) is 4.04. The molecule has 1 amide bonds. The highest BCUT2D eigenvalue weighted by molar-refractivity contribution is 9.10. The van der Waals surface area contributed by atoms with Gasteiger partial charge in [-0.3, -0.25) is 9.10 Å². The van der Waals surface area contributed by atoms with Gasteiger partial charge in [0.2, 0.25) is 0 Å².